The van der Waals surface area contributed by atoms with E-state index in [9.17, 15) is 5.11 Å². The molecule has 15 heavy (non-hydrogen) atoms. The van der Waals surface area contributed by atoms with Gasteiger partial charge in [0.05, 0.1) is 12.7 Å². The van der Waals surface area contributed by atoms with Gasteiger partial charge < -0.3 is 9.84 Å². The summed E-state index contributed by atoms with van der Waals surface area (Å²) in [6.45, 7) is 8.68. The van der Waals surface area contributed by atoms with Gasteiger partial charge in [-0.2, -0.15) is 0 Å². The lowest BCUT2D eigenvalue weighted by atomic mass is 10.1. The van der Waals surface area contributed by atoms with E-state index >= 15 is 0 Å². The average molecular weight is 208 g/mol. The summed E-state index contributed by atoms with van der Waals surface area (Å²) in [5.74, 6) is 1.30. The molecule has 1 aromatic rings. The third-order valence-corrected chi connectivity index (χ3v) is 2.19. The summed E-state index contributed by atoms with van der Waals surface area (Å²) in [4.78, 5) is 0. The molecule has 2 nitrogen and oxygen atoms in total. The highest BCUT2D eigenvalue weighted by Crippen LogP contribution is 2.26. The second-order valence-corrected chi connectivity index (χ2v) is 4.42. The van der Waals surface area contributed by atoms with Crippen LogP contribution in [0.15, 0.2) is 18.2 Å². The first-order valence-corrected chi connectivity index (χ1v) is 5.42. The van der Waals surface area contributed by atoms with Crippen LogP contribution in [0, 0.1) is 12.8 Å². The molecule has 0 radical (unpaired) electrons. The van der Waals surface area contributed by atoms with E-state index in [1.807, 2.05) is 25.1 Å². The quantitative estimate of drug-likeness (QED) is 0.824. The molecule has 0 fully saturated rings. The Morgan fingerprint density at radius 2 is 1.93 bits per heavy atom. The van der Waals surface area contributed by atoms with E-state index in [2.05, 4.69) is 13.8 Å². The zero-order chi connectivity index (χ0) is 11.4. The predicted molar refractivity (Wildman–Crippen MR) is 62.1 cm³/mol. The topological polar surface area (TPSA) is 29.5 Å². The Morgan fingerprint density at radius 3 is 2.47 bits per heavy atom. The van der Waals surface area contributed by atoms with Gasteiger partial charge in [0.15, 0.2) is 0 Å². The molecule has 0 aliphatic carbocycles. The SMILES string of the molecule is Cc1ccc(C(C)O)c(OCC(C)C)c1. The van der Waals surface area contributed by atoms with Crippen LogP contribution in [0.5, 0.6) is 5.75 Å². The molecule has 0 aliphatic heterocycles. The first-order chi connectivity index (χ1) is 7.00. The minimum Gasteiger partial charge on any atom is -0.493 e. The Balaban J connectivity index is 2.87. The van der Waals surface area contributed by atoms with Crippen LogP contribution in [0.25, 0.3) is 0 Å². The minimum absolute atomic E-state index is 0.479. The van der Waals surface area contributed by atoms with Gasteiger partial charge in [0, 0.05) is 5.56 Å². The molecule has 2 heteroatoms. The predicted octanol–water partition coefficient (Wildman–Crippen LogP) is 3.08. The minimum atomic E-state index is -0.479. The molecule has 1 rings (SSSR count). The molecule has 1 N–H and O–H groups in total. The van der Waals surface area contributed by atoms with Gasteiger partial charge in [0.2, 0.25) is 0 Å². The van der Waals surface area contributed by atoms with Crippen LogP contribution in [-0.2, 0) is 0 Å². The maximum absolute atomic E-state index is 9.58. The third kappa shape index (κ3) is 3.56. The van der Waals surface area contributed by atoms with Crippen molar-refractivity contribution in [3.8, 4) is 5.75 Å². The second kappa shape index (κ2) is 5.17. The van der Waals surface area contributed by atoms with Gasteiger partial charge in [-0.15, -0.1) is 0 Å². The van der Waals surface area contributed by atoms with Gasteiger partial charge in [-0.05, 0) is 31.4 Å². The molecular weight excluding hydrogens is 188 g/mol. The van der Waals surface area contributed by atoms with Crippen LogP contribution in [0.4, 0.5) is 0 Å². The van der Waals surface area contributed by atoms with Crippen molar-refractivity contribution in [1.82, 2.24) is 0 Å². The maximum Gasteiger partial charge on any atom is 0.125 e. The summed E-state index contributed by atoms with van der Waals surface area (Å²) >= 11 is 0. The summed E-state index contributed by atoms with van der Waals surface area (Å²) < 4.78 is 5.68. The number of rotatable bonds is 4. The average Bonchev–Trinajstić information content (AvgIpc) is 2.14. The van der Waals surface area contributed by atoms with Gasteiger partial charge in [0.25, 0.3) is 0 Å². The maximum atomic E-state index is 9.58. The Kier molecular flexibility index (Phi) is 4.15. The summed E-state index contributed by atoms with van der Waals surface area (Å²) in [5, 5.41) is 9.58. The van der Waals surface area contributed by atoms with Gasteiger partial charge in [-0.3, -0.25) is 0 Å². The van der Waals surface area contributed by atoms with Crippen molar-refractivity contribution in [2.45, 2.75) is 33.8 Å². The number of hydrogen-bond acceptors (Lipinski definition) is 2. The molecule has 84 valence electrons. The fraction of sp³-hybridized carbons (Fsp3) is 0.538. The Bertz CT molecular complexity index is 316. The molecule has 1 aromatic carbocycles. The standard InChI is InChI=1S/C13H20O2/c1-9(2)8-15-13-7-10(3)5-6-12(13)11(4)14/h5-7,9,11,14H,8H2,1-4H3. The molecule has 0 spiro atoms. The van der Waals surface area contributed by atoms with Gasteiger partial charge in [-0.1, -0.05) is 26.0 Å². The summed E-state index contributed by atoms with van der Waals surface area (Å²) in [7, 11) is 0. The first kappa shape index (κ1) is 12.1. The molecule has 1 atom stereocenters. The van der Waals surface area contributed by atoms with Crippen molar-refractivity contribution in [2.24, 2.45) is 5.92 Å². The molecule has 1 unspecified atom stereocenters. The van der Waals surface area contributed by atoms with Gasteiger partial charge in [-0.25, -0.2) is 0 Å². The molecule has 0 saturated carbocycles. The van der Waals surface area contributed by atoms with Crippen LogP contribution in [0.3, 0.4) is 0 Å². The lowest BCUT2D eigenvalue weighted by Crippen LogP contribution is -2.07. The third-order valence-electron chi connectivity index (χ3n) is 2.19. The lowest BCUT2D eigenvalue weighted by molar-refractivity contribution is 0.188. The molecule has 0 bridgehead atoms. The molecule has 0 saturated heterocycles. The van der Waals surface area contributed by atoms with E-state index in [0.717, 1.165) is 16.9 Å². The van der Waals surface area contributed by atoms with Crippen molar-refractivity contribution in [3.63, 3.8) is 0 Å². The van der Waals surface area contributed by atoms with E-state index in [4.69, 9.17) is 4.74 Å². The normalized spacial score (nSPS) is 12.9. The number of ether oxygens (including phenoxy) is 1. The van der Waals surface area contributed by atoms with E-state index < -0.39 is 6.10 Å². The lowest BCUT2D eigenvalue weighted by Gasteiger charge is -2.15. The van der Waals surface area contributed by atoms with Crippen molar-refractivity contribution in [1.29, 1.82) is 0 Å². The number of hydrogen-bond donors (Lipinski definition) is 1. The Labute approximate surface area is 91.9 Å². The summed E-state index contributed by atoms with van der Waals surface area (Å²) in [5.41, 5.74) is 2.01. The smallest absolute Gasteiger partial charge is 0.125 e. The molecular formula is C13H20O2. The summed E-state index contributed by atoms with van der Waals surface area (Å²) in [6, 6.07) is 5.89. The molecule has 0 heterocycles. The van der Waals surface area contributed by atoms with Crippen molar-refractivity contribution >= 4 is 0 Å². The zero-order valence-corrected chi connectivity index (χ0v) is 9.95. The van der Waals surface area contributed by atoms with E-state index in [0.29, 0.717) is 12.5 Å². The Morgan fingerprint density at radius 1 is 1.27 bits per heavy atom. The van der Waals surface area contributed by atoms with E-state index in [1.54, 1.807) is 6.92 Å². The number of aliphatic hydroxyl groups is 1. The Hall–Kier alpha value is -1.02. The van der Waals surface area contributed by atoms with Gasteiger partial charge in [0.1, 0.15) is 5.75 Å². The van der Waals surface area contributed by atoms with Crippen LogP contribution in [-0.4, -0.2) is 11.7 Å². The van der Waals surface area contributed by atoms with Crippen molar-refractivity contribution in [3.05, 3.63) is 29.3 Å². The van der Waals surface area contributed by atoms with Crippen LogP contribution in [0.1, 0.15) is 38.0 Å². The second-order valence-electron chi connectivity index (χ2n) is 4.42. The fourth-order valence-corrected chi connectivity index (χ4v) is 1.37. The number of aliphatic hydroxyl groups excluding tert-OH is 1. The largest absolute Gasteiger partial charge is 0.493 e. The van der Waals surface area contributed by atoms with E-state index in [1.165, 1.54) is 0 Å². The monoisotopic (exact) mass is 208 g/mol. The molecule has 0 aromatic heterocycles. The van der Waals surface area contributed by atoms with Crippen LogP contribution in [0.2, 0.25) is 0 Å². The number of benzene rings is 1. The highest BCUT2D eigenvalue weighted by molar-refractivity contribution is 5.38. The van der Waals surface area contributed by atoms with Gasteiger partial charge >= 0.3 is 0 Å². The molecule has 0 amide bonds. The van der Waals surface area contributed by atoms with E-state index in [-0.39, 0.29) is 0 Å². The summed E-state index contributed by atoms with van der Waals surface area (Å²) in [6.07, 6.45) is -0.479. The zero-order valence-electron chi connectivity index (χ0n) is 9.95. The highest BCUT2D eigenvalue weighted by Gasteiger charge is 2.09. The van der Waals surface area contributed by atoms with Crippen molar-refractivity contribution < 1.29 is 9.84 Å². The highest BCUT2D eigenvalue weighted by atomic mass is 16.5. The molecule has 0 aliphatic rings. The fourth-order valence-electron chi connectivity index (χ4n) is 1.37. The van der Waals surface area contributed by atoms with Crippen LogP contribution < -0.4 is 4.74 Å². The van der Waals surface area contributed by atoms with Crippen molar-refractivity contribution in [2.75, 3.05) is 6.61 Å². The van der Waals surface area contributed by atoms with Crippen LogP contribution >= 0.6 is 0 Å². The first-order valence-electron chi connectivity index (χ1n) is 5.42. The number of aryl methyl sites for hydroxylation is 1.